The van der Waals surface area contributed by atoms with E-state index in [1.807, 2.05) is 0 Å². The van der Waals surface area contributed by atoms with Crippen LogP contribution in [0.2, 0.25) is 0 Å². The molecule has 1 saturated carbocycles. The van der Waals surface area contributed by atoms with Crippen molar-refractivity contribution in [2.75, 3.05) is 7.05 Å². The number of benzene rings is 1. The monoisotopic (exact) mass is 219 g/mol. The van der Waals surface area contributed by atoms with Crippen LogP contribution in [-0.2, 0) is 0 Å². The number of hydrogen-bond donors (Lipinski definition) is 1. The molecule has 0 bridgehead atoms. The van der Waals surface area contributed by atoms with E-state index in [9.17, 15) is 14.7 Å². The molecule has 1 aromatic carbocycles. The van der Waals surface area contributed by atoms with Crippen LogP contribution in [-0.4, -0.2) is 35.3 Å². The highest BCUT2D eigenvalue weighted by Gasteiger charge is 2.30. The summed E-state index contributed by atoms with van der Waals surface area (Å²) in [5.41, 5.74) is 0.583. The van der Waals surface area contributed by atoms with Gasteiger partial charge in [0, 0.05) is 18.7 Å². The lowest BCUT2D eigenvalue weighted by molar-refractivity contribution is 0.0781. The normalized spacial score (nSPS) is 14.6. The fourth-order valence-electron chi connectivity index (χ4n) is 1.65. The Kier molecular flexibility index (Phi) is 2.64. The Morgan fingerprint density at radius 2 is 2.19 bits per heavy atom. The van der Waals surface area contributed by atoms with Gasteiger partial charge in [-0.2, -0.15) is 0 Å². The molecule has 0 radical (unpaired) electrons. The van der Waals surface area contributed by atoms with E-state index in [4.69, 9.17) is 0 Å². The number of rotatable bonds is 3. The first-order valence-corrected chi connectivity index (χ1v) is 5.19. The summed E-state index contributed by atoms with van der Waals surface area (Å²) in [6.07, 6.45) is 2.66. The molecule has 0 heterocycles. The van der Waals surface area contributed by atoms with Crippen molar-refractivity contribution in [2.24, 2.45) is 0 Å². The highest BCUT2D eigenvalue weighted by atomic mass is 16.3. The first-order chi connectivity index (χ1) is 7.63. The van der Waals surface area contributed by atoms with Crippen LogP contribution >= 0.6 is 0 Å². The molecule has 1 aromatic rings. The van der Waals surface area contributed by atoms with E-state index >= 15 is 0 Å². The molecule has 1 fully saturated rings. The highest BCUT2D eigenvalue weighted by molar-refractivity contribution is 6.01. The number of carbonyl (C=O) groups is 2. The van der Waals surface area contributed by atoms with Gasteiger partial charge >= 0.3 is 0 Å². The fourth-order valence-corrected chi connectivity index (χ4v) is 1.65. The number of amides is 1. The number of hydrogen-bond acceptors (Lipinski definition) is 3. The minimum absolute atomic E-state index is 0.00172. The van der Waals surface area contributed by atoms with Crippen LogP contribution in [0.5, 0.6) is 5.75 Å². The van der Waals surface area contributed by atoms with Gasteiger partial charge < -0.3 is 10.0 Å². The van der Waals surface area contributed by atoms with Gasteiger partial charge in [-0.15, -0.1) is 0 Å². The smallest absolute Gasteiger partial charge is 0.254 e. The van der Waals surface area contributed by atoms with E-state index in [-0.39, 0.29) is 23.3 Å². The molecule has 1 N–H and O–H groups in total. The van der Waals surface area contributed by atoms with Crippen molar-refractivity contribution >= 4 is 12.2 Å². The second-order valence-corrected chi connectivity index (χ2v) is 4.04. The molecule has 0 spiro atoms. The molecule has 0 aromatic heterocycles. The molecule has 0 saturated heterocycles. The van der Waals surface area contributed by atoms with E-state index in [0.717, 1.165) is 12.8 Å². The molecular formula is C12H13NO3. The van der Waals surface area contributed by atoms with Crippen LogP contribution in [0.1, 0.15) is 33.6 Å². The van der Waals surface area contributed by atoms with Crippen LogP contribution in [0.25, 0.3) is 0 Å². The number of phenols is 1. The molecule has 0 unspecified atom stereocenters. The molecule has 16 heavy (non-hydrogen) atoms. The Morgan fingerprint density at radius 1 is 1.50 bits per heavy atom. The van der Waals surface area contributed by atoms with E-state index in [0.29, 0.717) is 11.8 Å². The van der Waals surface area contributed by atoms with Crippen molar-refractivity contribution in [3.05, 3.63) is 29.3 Å². The summed E-state index contributed by atoms with van der Waals surface area (Å²) in [6.45, 7) is 0. The number of nitrogens with zero attached hydrogens (tertiary/aromatic N) is 1. The lowest BCUT2D eigenvalue weighted by atomic mass is 10.1. The average molecular weight is 219 g/mol. The summed E-state index contributed by atoms with van der Waals surface area (Å²) >= 11 is 0. The van der Waals surface area contributed by atoms with E-state index in [1.165, 1.54) is 18.2 Å². The van der Waals surface area contributed by atoms with Crippen molar-refractivity contribution in [2.45, 2.75) is 18.9 Å². The van der Waals surface area contributed by atoms with Gasteiger partial charge in [0.15, 0.2) is 6.29 Å². The van der Waals surface area contributed by atoms with Crippen molar-refractivity contribution in [1.82, 2.24) is 4.90 Å². The second kappa shape index (κ2) is 3.96. The first kappa shape index (κ1) is 10.7. The van der Waals surface area contributed by atoms with Gasteiger partial charge in [0.1, 0.15) is 5.75 Å². The molecule has 84 valence electrons. The maximum Gasteiger partial charge on any atom is 0.254 e. The largest absolute Gasteiger partial charge is 0.508 e. The summed E-state index contributed by atoms with van der Waals surface area (Å²) in [4.78, 5) is 24.4. The first-order valence-electron chi connectivity index (χ1n) is 5.19. The van der Waals surface area contributed by atoms with Crippen molar-refractivity contribution < 1.29 is 14.7 Å². The Hall–Kier alpha value is -1.84. The minimum atomic E-state index is -0.208. The van der Waals surface area contributed by atoms with Gasteiger partial charge in [-0.25, -0.2) is 0 Å². The SMILES string of the molecule is CN(C(=O)c1cc(O)ccc1C=O)C1CC1. The van der Waals surface area contributed by atoms with Crippen LogP contribution in [0.15, 0.2) is 18.2 Å². The van der Waals surface area contributed by atoms with Crippen molar-refractivity contribution in [3.63, 3.8) is 0 Å². The zero-order chi connectivity index (χ0) is 11.7. The highest BCUT2D eigenvalue weighted by Crippen LogP contribution is 2.27. The Morgan fingerprint density at radius 3 is 2.75 bits per heavy atom. The van der Waals surface area contributed by atoms with Crippen molar-refractivity contribution in [1.29, 1.82) is 0 Å². The van der Waals surface area contributed by atoms with Gasteiger partial charge in [0.2, 0.25) is 0 Å². The molecule has 1 aliphatic carbocycles. The molecule has 0 aliphatic heterocycles. The zero-order valence-electron chi connectivity index (χ0n) is 9.01. The van der Waals surface area contributed by atoms with Crippen LogP contribution in [0.3, 0.4) is 0 Å². The standard InChI is InChI=1S/C12H13NO3/c1-13(9-3-4-9)12(16)11-6-10(15)5-2-8(11)7-14/h2,5-7,9,15H,3-4H2,1H3. The van der Waals surface area contributed by atoms with Gasteiger partial charge in [0.25, 0.3) is 5.91 Å². The summed E-state index contributed by atoms with van der Waals surface area (Å²) in [5, 5.41) is 9.33. The van der Waals surface area contributed by atoms with Gasteiger partial charge in [-0.1, -0.05) is 0 Å². The second-order valence-electron chi connectivity index (χ2n) is 4.04. The predicted octanol–water partition coefficient (Wildman–Crippen LogP) is 1.44. The van der Waals surface area contributed by atoms with E-state index in [2.05, 4.69) is 0 Å². The number of phenolic OH excluding ortho intramolecular Hbond substituents is 1. The fraction of sp³-hybridized carbons (Fsp3) is 0.333. The lowest BCUT2D eigenvalue weighted by Gasteiger charge is -2.17. The Balaban J connectivity index is 2.33. The maximum atomic E-state index is 12.0. The van der Waals surface area contributed by atoms with Crippen LogP contribution in [0.4, 0.5) is 0 Å². The topological polar surface area (TPSA) is 57.6 Å². The summed E-state index contributed by atoms with van der Waals surface area (Å²) in [6, 6.07) is 4.48. The summed E-state index contributed by atoms with van der Waals surface area (Å²) < 4.78 is 0. The molecule has 0 atom stereocenters. The molecule has 4 heteroatoms. The number of aromatic hydroxyl groups is 1. The molecule has 2 rings (SSSR count). The lowest BCUT2D eigenvalue weighted by Crippen LogP contribution is -2.29. The Bertz CT molecular complexity index is 438. The van der Waals surface area contributed by atoms with E-state index in [1.54, 1.807) is 11.9 Å². The summed E-state index contributed by atoms with van der Waals surface area (Å²) in [7, 11) is 1.72. The Labute approximate surface area is 93.5 Å². The van der Waals surface area contributed by atoms with Crippen LogP contribution in [0, 0.1) is 0 Å². The van der Waals surface area contributed by atoms with E-state index < -0.39 is 0 Å². The minimum Gasteiger partial charge on any atom is -0.508 e. The van der Waals surface area contributed by atoms with Gasteiger partial charge in [0.05, 0.1) is 5.56 Å². The predicted molar refractivity (Wildman–Crippen MR) is 58.6 cm³/mol. The van der Waals surface area contributed by atoms with Crippen molar-refractivity contribution in [3.8, 4) is 5.75 Å². The molecule has 4 nitrogen and oxygen atoms in total. The number of carbonyl (C=O) groups excluding carboxylic acids is 2. The zero-order valence-corrected chi connectivity index (χ0v) is 9.01. The third-order valence-electron chi connectivity index (χ3n) is 2.81. The average Bonchev–Trinajstić information content (AvgIpc) is 3.11. The summed E-state index contributed by atoms with van der Waals surface area (Å²) in [5.74, 6) is -0.210. The van der Waals surface area contributed by atoms with Gasteiger partial charge in [-0.3, -0.25) is 9.59 Å². The van der Waals surface area contributed by atoms with Gasteiger partial charge in [-0.05, 0) is 31.0 Å². The van der Waals surface area contributed by atoms with Crippen LogP contribution < -0.4 is 0 Å². The quantitative estimate of drug-likeness (QED) is 0.782. The molecular weight excluding hydrogens is 206 g/mol. The third-order valence-corrected chi connectivity index (χ3v) is 2.81. The number of aldehydes is 1. The maximum absolute atomic E-state index is 12.0. The molecule has 1 amide bonds. The third kappa shape index (κ3) is 1.91. The molecule has 1 aliphatic rings.